The van der Waals surface area contributed by atoms with Crippen LogP contribution in [0.2, 0.25) is 0 Å². The average molecular weight is 424 g/mol. The Kier molecular flexibility index (Phi) is 6.98. The molecule has 1 aromatic heterocycles. The van der Waals surface area contributed by atoms with Crippen LogP contribution in [0.15, 0.2) is 18.2 Å². The first kappa shape index (κ1) is 22.8. The average Bonchev–Trinajstić information content (AvgIpc) is 2.71. The van der Waals surface area contributed by atoms with Crippen LogP contribution in [0.25, 0.3) is 0 Å². The maximum Gasteiger partial charge on any atom is 0.254 e. The molecule has 2 amide bonds. The third-order valence-electron chi connectivity index (χ3n) is 5.86. The lowest BCUT2D eigenvalue weighted by molar-refractivity contribution is 0.0724. The van der Waals surface area contributed by atoms with Gasteiger partial charge in [-0.2, -0.15) is 0 Å². The molecule has 0 unspecified atom stereocenters. The first-order valence-electron chi connectivity index (χ1n) is 11.0. The number of fused-ring (bicyclic) bond motifs is 1. The lowest BCUT2D eigenvalue weighted by Gasteiger charge is -2.31. The van der Waals surface area contributed by atoms with Gasteiger partial charge in [0.1, 0.15) is 0 Å². The minimum Gasteiger partial charge on any atom is -0.477 e. The Morgan fingerprint density at radius 3 is 2.65 bits per heavy atom. The fourth-order valence-corrected chi connectivity index (χ4v) is 4.06. The van der Waals surface area contributed by atoms with Crippen LogP contribution in [0.1, 0.15) is 68.4 Å². The van der Waals surface area contributed by atoms with E-state index in [9.17, 15) is 9.59 Å². The predicted molar refractivity (Wildman–Crippen MR) is 122 cm³/mol. The Balaban J connectivity index is 1.92. The fraction of sp³-hybridized carbons (Fsp3) is 0.480. The van der Waals surface area contributed by atoms with Crippen LogP contribution in [0, 0.1) is 20.8 Å². The molecular weight excluding hydrogens is 390 g/mol. The number of unbranched alkanes of at least 4 members (excludes halogenated alkanes) is 1. The van der Waals surface area contributed by atoms with Crippen molar-refractivity contribution < 1.29 is 14.3 Å². The smallest absolute Gasteiger partial charge is 0.254 e. The number of benzene rings is 1. The number of pyridine rings is 1. The van der Waals surface area contributed by atoms with Gasteiger partial charge in [-0.25, -0.2) is 4.98 Å². The van der Waals surface area contributed by atoms with E-state index in [4.69, 9.17) is 4.74 Å². The second-order valence-corrected chi connectivity index (χ2v) is 8.51. The van der Waals surface area contributed by atoms with Crippen molar-refractivity contribution in [1.82, 2.24) is 14.8 Å². The molecule has 0 atom stereocenters. The summed E-state index contributed by atoms with van der Waals surface area (Å²) in [5.74, 6) is 0.500. The van der Waals surface area contributed by atoms with Gasteiger partial charge in [-0.1, -0.05) is 19.4 Å². The van der Waals surface area contributed by atoms with Gasteiger partial charge in [0.15, 0.2) is 0 Å². The quantitative estimate of drug-likeness (QED) is 0.630. The molecule has 2 aromatic rings. The van der Waals surface area contributed by atoms with E-state index in [1.54, 1.807) is 19.0 Å². The molecule has 0 aliphatic carbocycles. The van der Waals surface area contributed by atoms with Gasteiger partial charge in [0.2, 0.25) is 5.88 Å². The van der Waals surface area contributed by atoms with Gasteiger partial charge < -0.3 is 14.5 Å². The Hall–Kier alpha value is -2.89. The summed E-state index contributed by atoms with van der Waals surface area (Å²) < 4.78 is 5.99. The summed E-state index contributed by atoms with van der Waals surface area (Å²) >= 11 is 0. The van der Waals surface area contributed by atoms with Gasteiger partial charge in [0.05, 0.1) is 13.2 Å². The molecule has 6 nitrogen and oxygen atoms in total. The van der Waals surface area contributed by atoms with Gasteiger partial charge in [-0.05, 0) is 62.4 Å². The number of rotatable bonds is 7. The van der Waals surface area contributed by atoms with Crippen LogP contribution in [-0.4, -0.2) is 53.8 Å². The van der Waals surface area contributed by atoms with Gasteiger partial charge in [-0.15, -0.1) is 0 Å². The molecule has 1 aliphatic heterocycles. The van der Waals surface area contributed by atoms with Crippen molar-refractivity contribution in [1.29, 1.82) is 0 Å². The zero-order valence-electron chi connectivity index (χ0n) is 19.5. The molecule has 0 bridgehead atoms. The third kappa shape index (κ3) is 4.73. The topological polar surface area (TPSA) is 62.7 Å². The van der Waals surface area contributed by atoms with Crippen LogP contribution in [0.5, 0.6) is 5.88 Å². The minimum atomic E-state index is -0.0876. The highest BCUT2D eigenvalue weighted by molar-refractivity contribution is 6.03. The predicted octanol–water partition coefficient (Wildman–Crippen LogP) is 4.09. The van der Waals surface area contributed by atoms with Crippen molar-refractivity contribution in [2.24, 2.45) is 0 Å². The van der Waals surface area contributed by atoms with Crippen molar-refractivity contribution in [2.75, 3.05) is 27.2 Å². The van der Waals surface area contributed by atoms with Crippen molar-refractivity contribution in [3.8, 4) is 5.88 Å². The number of aryl methyl sites for hydroxylation is 2. The number of hydrogen-bond donors (Lipinski definition) is 0. The number of hydrogen-bond acceptors (Lipinski definition) is 4. The summed E-state index contributed by atoms with van der Waals surface area (Å²) in [5, 5.41) is 0. The van der Waals surface area contributed by atoms with E-state index in [-0.39, 0.29) is 11.8 Å². The highest BCUT2D eigenvalue weighted by Crippen LogP contribution is 2.29. The van der Waals surface area contributed by atoms with Crippen LogP contribution >= 0.6 is 0 Å². The maximum absolute atomic E-state index is 13.5. The Morgan fingerprint density at radius 1 is 1.23 bits per heavy atom. The van der Waals surface area contributed by atoms with E-state index in [2.05, 4.69) is 11.9 Å². The van der Waals surface area contributed by atoms with E-state index in [1.165, 1.54) is 0 Å². The number of nitrogens with zero attached hydrogens (tertiary/aromatic N) is 3. The monoisotopic (exact) mass is 423 g/mol. The molecule has 6 heteroatoms. The molecule has 166 valence electrons. The Morgan fingerprint density at radius 2 is 1.97 bits per heavy atom. The Bertz CT molecular complexity index is 998. The molecule has 2 heterocycles. The first-order chi connectivity index (χ1) is 14.7. The fourth-order valence-electron chi connectivity index (χ4n) is 4.06. The number of ether oxygens (including phenoxy) is 1. The lowest BCUT2D eigenvalue weighted by Crippen LogP contribution is -2.38. The van der Waals surface area contributed by atoms with Crippen molar-refractivity contribution >= 4 is 11.8 Å². The van der Waals surface area contributed by atoms with Gasteiger partial charge >= 0.3 is 0 Å². The largest absolute Gasteiger partial charge is 0.477 e. The molecule has 0 radical (unpaired) electrons. The summed E-state index contributed by atoms with van der Waals surface area (Å²) in [7, 11) is 3.45. The van der Waals surface area contributed by atoms with Gasteiger partial charge in [-0.3, -0.25) is 9.59 Å². The molecule has 31 heavy (non-hydrogen) atoms. The maximum atomic E-state index is 13.5. The lowest BCUT2D eigenvalue weighted by atomic mass is 9.90. The zero-order chi connectivity index (χ0) is 22.7. The second-order valence-electron chi connectivity index (χ2n) is 8.51. The first-order valence-corrected chi connectivity index (χ1v) is 11.0. The standard InChI is InChI=1S/C25H33N3O3/c1-7-8-13-31-23-21(16(2)14-17(3)26-23)15-28-12-11-19-9-10-20(24(29)27(5)6)18(4)22(19)25(28)30/h9-10,14H,7-8,11-13,15H2,1-6H3. The van der Waals surface area contributed by atoms with E-state index in [0.717, 1.165) is 47.2 Å². The van der Waals surface area contributed by atoms with Crippen molar-refractivity contribution in [3.63, 3.8) is 0 Å². The highest BCUT2D eigenvalue weighted by Gasteiger charge is 2.29. The van der Waals surface area contributed by atoms with Crippen molar-refractivity contribution in [2.45, 2.75) is 53.5 Å². The van der Waals surface area contributed by atoms with E-state index < -0.39 is 0 Å². The van der Waals surface area contributed by atoms with E-state index in [0.29, 0.717) is 36.7 Å². The molecule has 0 spiro atoms. The molecule has 0 saturated heterocycles. The number of carbonyl (C=O) groups excluding carboxylic acids is 2. The number of amides is 2. The van der Waals surface area contributed by atoms with E-state index >= 15 is 0 Å². The molecule has 0 fully saturated rings. The molecule has 1 aliphatic rings. The molecule has 1 aromatic carbocycles. The van der Waals surface area contributed by atoms with Crippen LogP contribution < -0.4 is 4.74 Å². The summed E-state index contributed by atoms with van der Waals surface area (Å²) in [4.78, 5) is 34.0. The van der Waals surface area contributed by atoms with Crippen LogP contribution in [0.4, 0.5) is 0 Å². The van der Waals surface area contributed by atoms with Gasteiger partial charge in [0, 0.05) is 43.0 Å². The zero-order valence-corrected chi connectivity index (χ0v) is 19.5. The third-order valence-corrected chi connectivity index (χ3v) is 5.86. The molecule has 0 saturated carbocycles. The van der Waals surface area contributed by atoms with Crippen LogP contribution in [-0.2, 0) is 13.0 Å². The summed E-state index contributed by atoms with van der Waals surface area (Å²) in [6.45, 7) is 9.69. The second kappa shape index (κ2) is 9.50. The van der Waals surface area contributed by atoms with E-state index in [1.807, 2.05) is 43.9 Å². The van der Waals surface area contributed by atoms with Crippen molar-refractivity contribution in [3.05, 3.63) is 57.3 Å². The Labute approximate surface area is 185 Å². The van der Waals surface area contributed by atoms with Gasteiger partial charge in [0.25, 0.3) is 11.8 Å². The summed E-state index contributed by atoms with van der Waals surface area (Å²) in [6, 6.07) is 5.79. The summed E-state index contributed by atoms with van der Waals surface area (Å²) in [6.07, 6.45) is 2.78. The van der Waals surface area contributed by atoms with Crippen LogP contribution in [0.3, 0.4) is 0 Å². The minimum absolute atomic E-state index is 0.0355. The molecular formula is C25H33N3O3. The highest BCUT2D eigenvalue weighted by atomic mass is 16.5. The number of aromatic nitrogens is 1. The normalized spacial score (nSPS) is 13.2. The SMILES string of the molecule is CCCCOc1nc(C)cc(C)c1CN1CCc2ccc(C(=O)N(C)C)c(C)c2C1=O. The molecule has 0 N–H and O–H groups in total. The number of carbonyl (C=O) groups is 2. The molecule has 3 rings (SSSR count). The summed E-state index contributed by atoms with van der Waals surface area (Å²) in [5.41, 5.74) is 5.94.